The summed E-state index contributed by atoms with van der Waals surface area (Å²) in [6.07, 6.45) is 2.38. The van der Waals surface area contributed by atoms with Crippen LogP contribution in [0.3, 0.4) is 0 Å². The standard InChI is InChI=1S/C5H11NO3.C5H6O2.C4H10O.CH4O.H2/c7-3-1-4-9-5-2-6-8;6-4-1-2-5(7)3-4;1-4(2,3)5;1-2;/h3,6,8H,1-2,4-5H2;1-3H2;5H,1-3H3;2H,1H3;1H. The molecule has 0 aromatic carbocycles. The molecule has 23 heavy (non-hydrogen) atoms. The summed E-state index contributed by atoms with van der Waals surface area (Å²) in [5.41, 5.74) is 1.43. The number of aldehydes is 1. The Bertz CT molecular complexity index is 287. The van der Waals surface area contributed by atoms with Gasteiger partial charge in [0.15, 0.2) is 0 Å². The highest BCUT2D eigenvalue weighted by molar-refractivity contribution is 6.05. The first-order chi connectivity index (χ1) is 10.7. The first-order valence-electron chi connectivity index (χ1n) is 7.29. The number of nitrogens with one attached hydrogen (secondary N) is 1. The van der Waals surface area contributed by atoms with Gasteiger partial charge in [-0.1, -0.05) is 0 Å². The quantitative estimate of drug-likeness (QED) is 0.238. The molecule has 4 N–H and O–H groups in total. The van der Waals surface area contributed by atoms with E-state index in [0.717, 1.165) is 13.4 Å². The number of carbonyl (C=O) groups is 3. The lowest BCUT2D eigenvalue weighted by atomic mass is 10.2. The second kappa shape index (κ2) is 18.9. The molecule has 0 amide bonds. The van der Waals surface area contributed by atoms with Crippen molar-refractivity contribution in [3.05, 3.63) is 0 Å². The van der Waals surface area contributed by atoms with Crippen molar-refractivity contribution in [2.24, 2.45) is 0 Å². The van der Waals surface area contributed by atoms with Gasteiger partial charge in [-0.3, -0.25) is 9.59 Å². The van der Waals surface area contributed by atoms with Gasteiger partial charge in [-0.25, -0.2) is 5.48 Å². The lowest BCUT2D eigenvalue weighted by Gasteiger charge is -2.04. The highest BCUT2D eigenvalue weighted by Crippen LogP contribution is 2.07. The van der Waals surface area contributed by atoms with E-state index in [1.165, 1.54) is 0 Å². The Morgan fingerprint density at radius 1 is 1.17 bits per heavy atom. The van der Waals surface area contributed by atoms with Crippen LogP contribution in [-0.4, -0.2) is 65.7 Å². The molecule has 0 spiro atoms. The molecule has 1 rings (SSSR count). The largest absolute Gasteiger partial charge is 0.400 e. The normalized spacial score (nSPS) is 13.0. The van der Waals surface area contributed by atoms with Crippen LogP contribution in [-0.2, 0) is 19.1 Å². The molecule has 8 heteroatoms. The maximum atomic E-state index is 10.2. The lowest BCUT2D eigenvalue weighted by molar-refractivity contribution is -0.121. The molecule has 1 fully saturated rings. The van der Waals surface area contributed by atoms with Crippen LogP contribution in [0.5, 0.6) is 0 Å². The average molecular weight is 339 g/mol. The molecule has 1 aliphatic carbocycles. The van der Waals surface area contributed by atoms with Gasteiger partial charge in [0.25, 0.3) is 0 Å². The van der Waals surface area contributed by atoms with Gasteiger partial charge in [-0.15, -0.1) is 0 Å². The van der Waals surface area contributed by atoms with E-state index in [9.17, 15) is 14.4 Å². The predicted molar refractivity (Wildman–Crippen MR) is 87.4 cm³/mol. The number of hydrogen-bond acceptors (Lipinski definition) is 8. The molecule has 140 valence electrons. The number of carbonyl (C=O) groups excluding carboxylic acids is 3. The van der Waals surface area contributed by atoms with Crippen LogP contribution in [0, 0.1) is 0 Å². The van der Waals surface area contributed by atoms with Gasteiger partial charge in [0, 0.05) is 34.3 Å². The zero-order chi connectivity index (χ0) is 18.7. The number of Topliss-reactive ketones (excluding diaryl/α,β-unsaturated/α-hetero) is 2. The van der Waals surface area contributed by atoms with Crippen LogP contribution in [0.25, 0.3) is 0 Å². The van der Waals surface area contributed by atoms with Crippen LogP contribution >= 0.6 is 0 Å². The average Bonchev–Trinajstić information content (AvgIpc) is 2.83. The fraction of sp³-hybridized carbons (Fsp3) is 0.800. The van der Waals surface area contributed by atoms with Crippen molar-refractivity contribution in [1.29, 1.82) is 0 Å². The van der Waals surface area contributed by atoms with E-state index in [1.807, 2.05) is 5.48 Å². The minimum Gasteiger partial charge on any atom is -0.400 e. The second-order valence-electron chi connectivity index (χ2n) is 5.40. The maximum Gasteiger partial charge on any atom is 0.140 e. The van der Waals surface area contributed by atoms with Crippen LogP contribution in [0.4, 0.5) is 0 Å². The summed E-state index contributed by atoms with van der Waals surface area (Å²) >= 11 is 0. The lowest BCUT2D eigenvalue weighted by Crippen LogP contribution is -2.15. The molecule has 0 aliphatic heterocycles. The van der Waals surface area contributed by atoms with E-state index in [0.29, 0.717) is 39.0 Å². The van der Waals surface area contributed by atoms with Crippen LogP contribution in [0.1, 0.15) is 47.9 Å². The van der Waals surface area contributed by atoms with Gasteiger partial charge in [-0.2, -0.15) is 0 Å². The highest BCUT2D eigenvalue weighted by Gasteiger charge is 2.17. The molecule has 0 aromatic rings. The summed E-state index contributed by atoms with van der Waals surface area (Å²) in [6.45, 7) is 6.50. The second-order valence-corrected chi connectivity index (χ2v) is 5.40. The molecule has 0 atom stereocenters. The minimum absolute atomic E-state index is 0. The molecule has 0 heterocycles. The van der Waals surface area contributed by atoms with E-state index in [-0.39, 0.29) is 19.4 Å². The molecule has 0 radical (unpaired) electrons. The zero-order valence-corrected chi connectivity index (χ0v) is 14.5. The van der Waals surface area contributed by atoms with E-state index in [4.69, 9.17) is 20.2 Å². The van der Waals surface area contributed by atoms with Gasteiger partial charge in [0.05, 0.1) is 25.2 Å². The van der Waals surface area contributed by atoms with Crippen LogP contribution in [0.2, 0.25) is 0 Å². The Balaban J connectivity index is -0.000000120. The first kappa shape index (κ1) is 26.7. The number of hydrogen-bond donors (Lipinski definition) is 4. The third-order valence-electron chi connectivity index (χ3n) is 1.82. The van der Waals surface area contributed by atoms with E-state index < -0.39 is 5.60 Å². The van der Waals surface area contributed by atoms with E-state index >= 15 is 0 Å². The predicted octanol–water partition coefficient (Wildman–Crippen LogP) is 0.511. The van der Waals surface area contributed by atoms with Gasteiger partial charge in [0.1, 0.15) is 17.9 Å². The molecule has 8 nitrogen and oxygen atoms in total. The summed E-state index contributed by atoms with van der Waals surface area (Å²) in [5, 5.41) is 23.5. The van der Waals surface area contributed by atoms with Gasteiger partial charge in [-0.05, 0) is 20.8 Å². The summed E-state index contributed by atoms with van der Waals surface area (Å²) in [6, 6.07) is 0. The topological polar surface area (TPSA) is 133 Å². The molecule has 1 saturated carbocycles. The number of hydroxylamine groups is 1. The smallest absolute Gasteiger partial charge is 0.140 e. The fourth-order valence-electron chi connectivity index (χ4n) is 1.03. The van der Waals surface area contributed by atoms with Crippen molar-refractivity contribution in [2.45, 2.75) is 52.1 Å². The molecule has 0 bridgehead atoms. The summed E-state index contributed by atoms with van der Waals surface area (Å²) in [4.78, 5) is 30.2. The van der Waals surface area contributed by atoms with Crippen molar-refractivity contribution >= 4 is 17.9 Å². The van der Waals surface area contributed by atoms with Gasteiger partial charge < -0.3 is 25.0 Å². The fourth-order valence-corrected chi connectivity index (χ4v) is 1.03. The molecular formula is C15H33NO7. The molecule has 0 aromatic heterocycles. The monoisotopic (exact) mass is 339 g/mol. The highest BCUT2D eigenvalue weighted by atomic mass is 16.5. The van der Waals surface area contributed by atoms with Gasteiger partial charge in [0.2, 0.25) is 0 Å². The Morgan fingerprint density at radius 2 is 1.61 bits per heavy atom. The maximum absolute atomic E-state index is 10.2. The molecule has 1 aliphatic rings. The van der Waals surface area contributed by atoms with Crippen molar-refractivity contribution in [2.75, 3.05) is 26.9 Å². The zero-order valence-electron chi connectivity index (χ0n) is 14.5. The molecule has 0 unspecified atom stereocenters. The summed E-state index contributed by atoms with van der Waals surface area (Å²) in [7, 11) is 1.00. The third-order valence-corrected chi connectivity index (χ3v) is 1.82. The number of rotatable bonds is 6. The van der Waals surface area contributed by atoms with Crippen LogP contribution in [0.15, 0.2) is 0 Å². The SMILES string of the molecule is CC(C)(C)O.CO.O=C1CCC(=O)C1.O=CCCOCCNO.[HH]. The Labute approximate surface area is 139 Å². The van der Waals surface area contributed by atoms with Gasteiger partial charge >= 0.3 is 0 Å². The molecular weight excluding hydrogens is 306 g/mol. The first-order valence-corrected chi connectivity index (χ1v) is 7.29. The summed E-state index contributed by atoms with van der Waals surface area (Å²) in [5.74, 6) is 0.204. The number of ether oxygens (including phenoxy) is 1. The molecule has 0 saturated heterocycles. The number of aliphatic hydroxyl groups excluding tert-OH is 1. The van der Waals surface area contributed by atoms with Crippen molar-refractivity contribution in [3.63, 3.8) is 0 Å². The number of ketones is 2. The summed E-state index contributed by atoms with van der Waals surface area (Å²) < 4.78 is 4.86. The Morgan fingerprint density at radius 3 is 1.87 bits per heavy atom. The Kier molecular flexibility index (Phi) is 21.9. The van der Waals surface area contributed by atoms with Crippen molar-refractivity contribution < 1.29 is 36.0 Å². The third kappa shape index (κ3) is 38.6. The number of aliphatic hydroxyl groups is 2. The van der Waals surface area contributed by atoms with E-state index in [1.54, 1.807) is 20.8 Å². The van der Waals surface area contributed by atoms with Crippen molar-refractivity contribution in [1.82, 2.24) is 5.48 Å². The Hall–Kier alpha value is -1.19. The van der Waals surface area contributed by atoms with Crippen molar-refractivity contribution in [3.8, 4) is 0 Å². The van der Waals surface area contributed by atoms with E-state index in [2.05, 4.69) is 0 Å². The minimum atomic E-state index is -0.500. The van der Waals surface area contributed by atoms with Crippen LogP contribution < -0.4 is 5.48 Å².